The lowest BCUT2D eigenvalue weighted by atomic mass is 10.1. The minimum Gasteiger partial charge on any atom is -0.504 e. The Hall–Kier alpha value is -3.12. The predicted molar refractivity (Wildman–Crippen MR) is 103 cm³/mol. The molecule has 0 saturated heterocycles. The van der Waals surface area contributed by atoms with Crippen LogP contribution in [0.4, 0.5) is 0 Å². The molecule has 2 aromatic heterocycles. The quantitative estimate of drug-likeness (QED) is 0.479. The van der Waals surface area contributed by atoms with E-state index in [9.17, 15) is 10.2 Å². The smallest absolute Gasteiger partial charge is 0.158 e. The molecule has 2 aromatic carbocycles. The van der Waals surface area contributed by atoms with E-state index in [1.54, 1.807) is 16.9 Å². The van der Waals surface area contributed by atoms with Gasteiger partial charge in [0, 0.05) is 21.8 Å². The van der Waals surface area contributed by atoms with Gasteiger partial charge < -0.3 is 10.2 Å². The molecule has 0 radical (unpaired) electrons. The molecule has 0 fully saturated rings. The molecular formula is C20H14BrN3O2. The van der Waals surface area contributed by atoms with Crippen LogP contribution in [0.15, 0.2) is 77.4 Å². The van der Waals surface area contributed by atoms with E-state index in [0.29, 0.717) is 5.82 Å². The van der Waals surface area contributed by atoms with Crippen LogP contribution in [-0.4, -0.2) is 25.0 Å². The Balaban J connectivity index is 1.92. The summed E-state index contributed by atoms with van der Waals surface area (Å²) in [6.45, 7) is 0. The highest BCUT2D eigenvalue weighted by molar-refractivity contribution is 9.10. The van der Waals surface area contributed by atoms with Crippen molar-refractivity contribution < 1.29 is 10.2 Å². The van der Waals surface area contributed by atoms with Crippen molar-refractivity contribution in [1.29, 1.82) is 0 Å². The maximum absolute atomic E-state index is 9.88. The van der Waals surface area contributed by atoms with Crippen LogP contribution in [0.1, 0.15) is 0 Å². The van der Waals surface area contributed by atoms with E-state index in [0.717, 1.165) is 27.0 Å². The molecule has 0 bridgehead atoms. The van der Waals surface area contributed by atoms with E-state index in [1.165, 1.54) is 12.1 Å². The first kappa shape index (κ1) is 16.4. The summed E-state index contributed by atoms with van der Waals surface area (Å²) < 4.78 is 2.69. The number of benzene rings is 2. The zero-order valence-electron chi connectivity index (χ0n) is 13.5. The van der Waals surface area contributed by atoms with Crippen molar-refractivity contribution in [2.45, 2.75) is 0 Å². The van der Waals surface area contributed by atoms with Crippen molar-refractivity contribution in [1.82, 2.24) is 14.8 Å². The van der Waals surface area contributed by atoms with Gasteiger partial charge in [-0.1, -0.05) is 34.1 Å². The predicted octanol–water partition coefficient (Wildman–Crippen LogP) is 4.78. The van der Waals surface area contributed by atoms with Crippen LogP contribution in [-0.2, 0) is 0 Å². The second-order valence-corrected chi connectivity index (χ2v) is 6.64. The van der Waals surface area contributed by atoms with E-state index >= 15 is 0 Å². The van der Waals surface area contributed by atoms with Crippen LogP contribution in [0.25, 0.3) is 28.3 Å². The minimum absolute atomic E-state index is 0.162. The van der Waals surface area contributed by atoms with E-state index in [-0.39, 0.29) is 11.5 Å². The van der Waals surface area contributed by atoms with Crippen LogP contribution >= 0.6 is 15.9 Å². The Bertz CT molecular complexity index is 1080. The fourth-order valence-electron chi connectivity index (χ4n) is 2.71. The summed E-state index contributed by atoms with van der Waals surface area (Å²) in [4.78, 5) is 4.38. The molecule has 0 aliphatic rings. The van der Waals surface area contributed by atoms with Crippen molar-refractivity contribution in [3.8, 4) is 39.8 Å². The van der Waals surface area contributed by atoms with E-state index in [2.05, 4.69) is 20.9 Å². The number of hydrogen-bond acceptors (Lipinski definition) is 4. The third kappa shape index (κ3) is 3.07. The van der Waals surface area contributed by atoms with Crippen LogP contribution in [0.3, 0.4) is 0 Å². The van der Waals surface area contributed by atoms with Gasteiger partial charge in [-0.2, -0.15) is 5.10 Å². The lowest BCUT2D eigenvalue weighted by molar-refractivity contribution is 0.404. The van der Waals surface area contributed by atoms with Crippen molar-refractivity contribution in [3.63, 3.8) is 0 Å². The van der Waals surface area contributed by atoms with Crippen LogP contribution in [0, 0.1) is 0 Å². The summed E-state index contributed by atoms with van der Waals surface area (Å²) in [6, 6.07) is 20.1. The van der Waals surface area contributed by atoms with Crippen LogP contribution in [0.2, 0.25) is 0 Å². The molecule has 128 valence electrons. The SMILES string of the molecule is Oc1ccc(-c2cc(-c3cccc(Br)c3)nn2-c2ccccn2)cc1O. The van der Waals surface area contributed by atoms with E-state index in [4.69, 9.17) is 5.10 Å². The number of phenols is 2. The highest BCUT2D eigenvalue weighted by Gasteiger charge is 2.15. The summed E-state index contributed by atoms with van der Waals surface area (Å²) >= 11 is 3.48. The number of aromatic hydroxyl groups is 2. The largest absolute Gasteiger partial charge is 0.504 e. The maximum atomic E-state index is 9.88. The van der Waals surface area contributed by atoms with Gasteiger partial charge in [-0.25, -0.2) is 9.67 Å². The molecule has 0 unspecified atom stereocenters. The average Bonchev–Trinajstić information content (AvgIpc) is 3.10. The molecule has 5 nitrogen and oxygen atoms in total. The molecule has 0 spiro atoms. The molecule has 2 heterocycles. The summed E-state index contributed by atoms with van der Waals surface area (Å²) in [7, 11) is 0. The van der Waals surface area contributed by atoms with Gasteiger partial charge >= 0.3 is 0 Å². The van der Waals surface area contributed by atoms with Crippen molar-refractivity contribution in [2.24, 2.45) is 0 Å². The summed E-state index contributed by atoms with van der Waals surface area (Å²) in [6.07, 6.45) is 1.70. The number of phenolic OH excluding ortho intramolecular Hbond substituents is 2. The van der Waals surface area contributed by atoms with Gasteiger partial charge in [0.25, 0.3) is 0 Å². The number of hydrogen-bond donors (Lipinski definition) is 2. The van der Waals surface area contributed by atoms with Gasteiger partial charge in [0.2, 0.25) is 0 Å². The summed E-state index contributed by atoms with van der Waals surface area (Å²) in [5.74, 6) is 0.321. The fraction of sp³-hybridized carbons (Fsp3) is 0. The van der Waals surface area contributed by atoms with E-state index in [1.807, 2.05) is 48.5 Å². The topological polar surface area (TPSA) is 71.2 Å². The van der Waals surface area contributed by atoms with Gasteiger partial charge in [0.15, 0.2) is 17.3 Å². The number of pyridine rings is 1. The van der Waals surface area contributed by atoms with Gasteiger partial charge in [-0.05, 0) is 48.5 Å². The molecular weight excluding hydrogens is 394 g/mol. The molecule has 0 aliphatic carbocycles. The molecule has 0 aliphatic heterocycles. The zero-order valence-corrected chi connectivity index (χ0v) is 15.1. The van der Waals surface area contributed by atoms with Crippen molar-refractivity contribution >= 4 is 15.9 Å². The van der Waals surface area contributed by atoms with Gasteiger partial charge in [0.05, 0.1) is 11.4 Å². The first-order valence-corrected chi connectivity index (χ1v) is 8.71. The Labute approximate surface area is 158 Å². The molecule has 0 amide bonds. The maximum Gasteiger partial charge on any atom is 0.158 e. The normalized spacial score (nSPS) is 10.8. The third-order valence-electron chi connectivity index (χ3n) is 3.97. The van der Waals surface area contributed by atoms with Crippen LogP contribution < -0.4 is 0 Å². The Kier molecular flexibility index (Phi) is 4.18. The van der Waals surface area contributed by atoms with Crippen molar-refractivity contribution in [2.75, 3.05) is 0 Å². The molecule has 26 heavy (non-hydrogen) atoms. The Morgan fingerprint density at radius 3 is 2.42 bits per heavy atom. The standard InChI is InChI=1S/C20H14BrN3O2/c21-15-5-3-4-13(10-15)16-12-17(14-7-8-18(25)19(26)11-14)24(23-16)20-6-1-2-9-22-20/h1-12,25-26H. The van der Waals surface area contributed by atoms with Gasteiger partial charge in [-0.15, -0.1) is 0 Å². The second-order valence-electron chi connectivity index (χ2n) is 5.73. The average molecular weight is 408 g/mol. The zero-order chi connectivity index (χ0) is 18.1. The number of rotatable bonds is 3. The minimum atomic E-state index is -0.180. The molecule has 0 saturated carbocycles. The highest BCUT2D eigenvalue weighted by Crippen LogP contribution is 2.34. The second kappa shape index (κ2) is 6.65. The first-order valence-electron chi connectivity index (χ1n) is 7.91. The van der Waals surface area contributed by atoms with Crippen LogP contribution in [0.5, 0.6) is 11.5 Å². The van der Waals surface area contributed by atoms with E-state index < -0.39 is 0 Å². The molecule has 0 atom stereocenters. The number of aromatic nitrogens is 3. The number of nitrogens with zero attached hydrogens (tertiary/aromatic N) is 3. The molecule has 6 heteroatoms. The third-order valence-corrected chi connectivity index (χ3v) is 4.46. The highest BCUT2D eigenvalue weighted by atomic mass is 79.9. The Morgan fingerprint density at radius 1 is 0.808 bits per heavy atom. The van der Waals surface area contributed by atoms with Crippen molar-refractivity contribution in [3.05, 3.63) is 77.4 Å². The molecule has 4 rings (SSSR count). The summed E-state index contributed by atoms with van der Waals surface area (Å²) in [5, 5.41) is 24.2. The Morgan fingerprint density at radius 2 is 1.69 bits per heavy atom. The fourth-order valence-corrected chi connectivity index (χ4v) is 3.11. The first-order chi connectivity index (χ1) is 12.6. The van der Waals surface area contributed by atoms with Gasteiger partial charge in [-0.3, -0.25) is 0 Å². The monoisotopic (exact) mass is 407 g/mol. The summed E-state index contributed by atoms with van der Waals surface area (Å²) in [5.41, 5.74) is 3.21. The van der Waals surface area contributed by atoms with Gasteiger partial charge in [0.1, 0.15) is 0 Å². The number of halogens is 1. The lowest BCUT2D eigenvalue weighted by Crippen LogP contribution is -2.01. The molecule has 4 aromatic rings. The molecule has 2 N–H and O–H groups in total. The lowest BCUT2D eigenvalue weighted by Gasteiger charge is -2.07.